The van der Waals surface area contributed by atoms with Gasteiger partial charge in [0.25, 0.3) is 11.8 Å². The molecule has 6 heteroatoms. The molecule has 2 aromatic rings. The number of nitrogens with one attached hydrogen (secondary N) is 2. The van der Waals surface area contributed by atoms with E-state index >= 15 is 0 Å². The summed E-state index contributed by atoms with van der Waals surface area (Å²) < 4.78 is 0. The third-order valence-corrected chi connectivity index (χ3v) is 5.54. The average molecular weight is 414 g/mol. The Morgan fingerprint density at radius 2 is 1.72 bits per heavy atom. The van der Waals surface area contributed by atoms with Gasteiger partial charge in [-0.15, -0.1) is 0 Å². The number of carbonyl (C=O) groups excluding carboxylic acids is 2. The van der Waals surface area contributed by atoms with Crippen LogP contribution in [0.25, 0.3) is 0 Å². The van der Waals surface area contributed by atoms with E-state index in [9.17, 15) is 9.59 Å². The van der Waals surface area contributed by atoms with Gasteiger partial charge >= 0.3 is 0 Å². The first kappa shape index (κ1) is 21.2. The molecule has 0 spiro atoms. The van der Waals surface area contributed by atoms with Gasteiger partial charge in [0.15, 0.2) is 0 Å². The molecule has 1 fully saturated rings. The van der Waals surface area contributed by atoms with Gasteiger partial charge in [-0.3, -0.25) is 9.59 Å². The summed E-state index contributed by atoms with van der Waals surface area (Å²) in [4.78, 5) is 27.8. The Kier molecular flexibility index (Phi) is 7.15. The van der Waals surface area contributed by atoms with E-state index in [1.54, 1.807) is 30.3 Å². The zero-order valence-electron chi connectivity index (χ0n) is 17.0. The first-order valence-corrected chi connectivity index (χ1v) is 10.6. The maximum absolute atomic E-state index is 13.0. The number of nitrogens with zero attached hydrogens (tertiary/aromatic N) is 1. The number of benzene rings is 2. The number of halogens is 1. The van der Waals surface area contributed by atoms with E-state index in [1.807, 2.05) is 26.0 Å². The van der Waals surface area contributed by atoms with Crippen molar-refractivity contribution in [1.82, 2.24) is 5.32 Å². The molecule has 0 aromatic heterocycles. The zero-order chi connectivity index (χ0) is 20.8. The topological polar surface area (TPSA) is 61.4 Å². The number of piperidine rings is 1. The van der Waals surface area contributed by atoms with Gasteiger partial charge in [-0.2, -0.15) is 0 Å². The monoisotopic (exact) mass is 413 g/mol. The Labute approximate surface area is 177 Å². The van der Waals surface area contributed by atoms with E-state index in [-0.39, 0.29) is 17.9 Å². The van der Waals surface area contributed by atoms with E-state index in [0.29, 0.717) is 21.8 Å². The smallest absolute Gasteiger partial charge is 0.255 e. The van der Waals surface area contributed by atoms with Crippen molar-refractivity contribution in [3.8, 4) is 0 Å². The highest BCUT2D eigenvalue weighted by molar-refractivity contribution is 6.30. The second-order valence-corrected chi connectivity index (χ2v) is 7.96. The van der Waals surface area contributed by atoms with Gasteiger partial charge < -0.3 is 15.5 Å². The standard InChI is InChI=1S/C23H28ClN3O2/c1-3-16(2)25-23(29)20-15-19(11-12-21(20)27-13-5-4-6-14-27)26-22(28)17-7-9-18(24)10-8-17/h7-12,15-16H,3-6,13-14H2,1-2H3,(H,25,29)(H,26,28)/t16-/m0/s1. The lowest BCUT2D eigenvalue weighted by molar-refractivity contribution is 0.0938. The van der Waals surface area contributed by atoms with Crippen LogP contribution in [0, 0.1) is 0 Å². The molecule has 0 radical (unpaired) electrons. The zero-order valence-corrected chi connectivity index (χ0v) is 17.8. The lowest BCUT2D eigenvalue weighted by Crippen LogP contribution is -2.35. The van der Waals surface area contributed by atoms with Crippen molar-refractivity contribution in [3.05, 3.63) is 58.6 Å². The molecule has 0 aliphatic carbocycles. The molecule has 0 unspecified atom stereocenters. The minimum Gasteiger partial charge on any atom is -0.371 e. The number of hydrogen-bond acceptors (Lipinski definition) is 3. The molecule has 2 amide bonds. The van der Waals surface area contributed by atoms with E-state index in [2.05, 4.69) is 15.5 Å². The number of amides is 2. The molecule has 1 aliphatic heterocycles. The molecule has 1 heterocycles. The van der Waals surface area contributed by atoms with Gasteiger partial charge in [0.05, 0.1) is 5.56 Å². The van der Waals surface area contributed by atoms with Crippen molar-refractivity contribution in [2.75, 3.05) is 23.3 Å². The van der Waals surface area contributed by atoms with Crippen molar-refractivity contribution in [3.63, 3.8) is 0 Å². The SMILES string of the molecule is CC[C@H](C)NC(=O)c1cc(NC(=O)c2ccc(Cl)cc2)ccc1N1CCCCC1. The lowest BCUT2D eigenvalue weighted by atomic mass is 10.0. The highest BCUT2D eigenvalue weighted by Gasteiger charge is 2.20. The van der Waals surface area contributed by atoms with Crippen molar-refractivity contribution >= 4 is 34.8 Å². The summed E-state index contributed by atoms with van der Waals surface area (Å²) in [5, 5.41) is 6.52. The van der Waals surface area contributed by atoms with Gasteiger partial charge in [0, 0.05) is 41.1 Å². The van der Waals surface area contributed by atoms with Gasteiger partial charge in [-0.25, -0.2) is 0 Å². The average Bonchev–Trinajstić information content (AvgIpc) is 2.74. The van der Waals surface area contributed by atoms with E-state index in [1.165, 1.54) is 6.42 Å². The Bertz CT molecular complexity index is 861. The van der Waals surface area contributed by atoms with Crippen molar-refractivity contribution in [2.45, 2.75) is 45.6 Å². The quantitative estimate of drug-likeness (QED) is 0.691. The molecular formula is C23H28ClN3O2. The van der Waals surface area contributed by atoms with E-state index in [0.717, 1.165) is 38.0 Å². The molecule has 154 valence electrons. The third kappa shape index (κ3) is 5.51. The molecule has 3 rings (SSSR count). The van der Waals surface area contributed by atoms with Crippen LogP contribution in [0.15, 0.2) is 42.5 Å². The molecule has 5 nitrogen and oxygen atoms in total. The molecule has 1 atom stereocenters. The summed E-state index contributed by atoms with van der Waals surface area (Å²) in [6, 6.07) is 12.4. The van der Waals surface area contributed by atoms with Crippen LogP contribution in [0.4, 0.5) is 11.4 Å². The molecule has 0 saturated carbocycles. The Morgan fingerprint density at radius 3 is 2.38 bits per heavy atom. The molecule has 29 heavy (non-hydrogen) atoms. The highest BCUT2D eigenvalue weighted by atomic mass is 35.5. The van der Waals surface area contributed by atoms with Gasteiger partial charge in [0.2, 0.25) is 0 Å². The second-order valence-electron chi connectivity index (χ2n) is 7.52. The lowest BCUT2D eigenvalue weighted by Gasteiger charge is -2.31. The van der Waals surface area contributed by atoms with Gasteiger partial charge in [0.1, 0.15) is 0 Å². The predicted molar refractivity (Wildman–Crippen MR) is 119 cm³/mol. The van der Waals surface area contributed by atoms with Gasteiger partial charge in [-0.05, 0) is 75.1 Å². The van der Waals surface area contributed by atoms with E-state index < -0.39 is 0 Å². The fourth-order valence-electron chi connectivity index (χ4n) is 3.41. The maximum Gasteiger partial charge on any atom is 0.255 e. The molecule has 0 bridgehead atoms. The van der Waals surface area contributed by atoms with Crippen molar-refractivity contribution in [1.29, 1.82) is 0 Å². The number of carbonyl (C=O) groups is 2. The van der Waals surface area contributed by atoms with Crippen LogP contribution in [0.1, 0.15) is 60.2 Å². The molecule has 2 aromatic carbocycles. The number of anilines is 2. The molecule has 2 N–H and O–H groups in total. The largest absolute Gasteiger partial charge is 0.371 e. The minimum atomic E-state index is -0.235. The molecular weight excluding hydrogens is 386 g/mol. The number of rotatable bonds is 6. The van der Waals surface area contributed by atoms with E-state index in [4.69, 9.17) is 11.6 Å². The minimum absolute atomic E-state index is 0.0871. The summed E-state index contributed by atoms with van der Waals surface area (Å²) in [5.41, 5.74) is 2.64. The Hall–Kier alpha value is -2.53. The van der Waals surface area contributed by atoms with Crippen LogP contribution in [0.2, 0.25) is 5.02 Å². The molecule has 1 saturated heterocycles. The summed E-state index contributed by atoms with van der Waals surface area (Å²) in [5.74, 6) is -0.344. The first-order chi connectivity index (χ1) is 14.0. The third-order valence-electron chi connectivity index (χ3n) is 5.29. The Balaban J connectivity index is 1.86. The number of hydrogen-bond donors (Lipinski definition) is 2. The molecule has 1 aliphatic rings. The predicted octanol–water partition coefficient (Wildman–Crippen LogP) is 5.11. The normalized spacial score (nSPS) is 14.9. The summed E-state index contributed by atoms with van der Waals surface area (Å²) in [6.45, 7) is 5.92. The van der Waals surface area contributed by atoms with Crippen molar-refractivity contribution in [2.24, 2.45) is 0 Å². The summed E-state index contributed by atoms with van der Waals surface area (Å²) in [6.07, 6.45) is 4.33. The van der Waals surface area contributed by atoms with Crippen LogP contribution in [0.3, 0.4) is 0 Å². The van der Waals surface area contributed by atoms with Crippen molar-refractivity contribution < 1.29 is 9.59 Å². The van der Waals surface area contributed by atoms with Crippen LogP contribution in [-0.4, -0.2) is 30.9 Å². The van der Waals surface area contributed by atoms with Crippen LogP contribution >= 0.6 is 11.6 Å². The fourth-order valence-corrected chi connectivity index (χ4v) is 3.54. The van der Waals surface area contributed by atoms with Gasteiger partial charge in [-0.1, -0.05) is 18.5 Å². The highest BCUT2D eigenvalue weighted by Crippen LogP contribution is 2.28. The summed E-state index contributed by atoms with van der Waals surface area (Å²) >= 11 is 5.90. The van der Waals surface area contributed by atoms with Crippen LogP contribution in [-0.2, 0) is 0 Å². The van der Waals surface area contributed by atoms with Crippen LogP contribution in [0.5, 0.6) is 0 Å². The van der Waals surface area contributed by atoms with Crippen LogP contribution < -0.4 is 15.5 Å². The second kappa shape index (κ2) is 9.79. The summed E-state index contributed by atoms with van der Waals surface area (Å²) in [7, 11) is 0. The maximum atomic E-state index is 13.0. The first-order valence-electron chi connectivity index (χ1n) is 10.2. The fraction of sp³-hybridized carbons (Fsp3) is 0.391. The Morgan fingerprint density at radius 1 is 1.03 bits per heavy atom.